The molecule has 1 aromatic heterocycles. The summed E-state index contributed by atoms with van der Waals surface area (Å²) >= 11 is 0. The molecule has 0 unspecified atom stereocenters. The number of ketones is 1. The highest BCUT2D eigenvalue weighted by atomic mass is 16.4. The summed E-state index contributed by atoms with van der Waals surface area (Å²) in [5, 5.41) is 13.9. The van der Waals surface area contributed by atoms with Crippen LogP contribution in [-0.2, 0) is 19.4 Å². The number of carboxylic acid groups (broad SMARTS) is 1. The minimum absolute atomic E-state index is 0.142. The van der Waals surface area contributed by atoms with Gasteiger partial charge in [0.1, 0.15) is 12.4 Å². The second-order valence-corrected chi connectivity index (χ2v) is 7.75. The van der Waals surface area contributed by atoms with Crippen molar-refractivity contribution in [3.8, 4) is 23.0 Å². The molecule has 0 aliphatic heterocycles. The molecule has 0 spiro atoms. The fourth-order valence-electron chi connectivity index (χ4n) is 3.67. The molecule has 34 heavy (non-hydrogen) atoms. The van der Waals surface area contributed by atoms with Crippen LogP contribution in [0.5, 0.6) is 0 Å². The number of rotatable bonds is 8. The van der Waals surface area contributed by atoms with Gasteiger partial charge in [-0.25, -0.2) is 14.5 Å². The monoisotopic (exact) mass is 449 g/mol. The van der Waals surface area contributed by atoms with Crippen molar-refractivity contribution in [2.45, 2.75) is 26.3 Å². The molecule has 6 nitrogen and oxygen atoms in total. The van der Waals surface area contributed by atoms with Crippen LogP contribution in [0.25, 0.3) is 11.1 Å². The van der Waals surface area contributed by atoms with Gasteiger partial charge in [0.15, 0.2) is 0 Å². The molecule has 1 heterocycles. The number of hydrogen-bond acceptors (Lipinski definition) is 4. The Balaban J connectivity index is 1.57. The van der Waals surface area contributed by atoms with Crippen molar-refractivity contribution in [1.29, 1.82) is 0 Å². The van der Waals surface area contributed by atoms with Crippen LogP contribution in [0.3, 0.4) is 0 Å². The van der Waals surface area contributed by atoms with E-state index in [2.05, 4.69) is 21.9 Å². The SMILES string of the molecule is CC#CCn1nc(C(=O)Cc2ccccc2)nc1Cc1ccc(-c2ccccc2C(=O)O)cc1. The Kier molecular flexibility index (Phi) is 6.95. The molecular formula is C28H23N3O3. The van der Waals surface area contributed by atoms with Gasteiger partial charge in [0.05, 0.1) is 5.56 Å². The summed E-state index contributed by atoms with van der Waals surface area (Å²) in [4.78, 5) is 28.8. The zero-order chi connectivity index (χ0) is 23.9. The number of carboxylic acids is 1. The van der Waals surface area contributed by atoms with Gasteiger partial charge in [-0.3, -0.25) is 4.79 Å². The fourth-order valence-corrected chi connectivity index (χ4v) is 3.67. The zero-order valence-corrected chi connectivity index (χ0v) is 18.7. The van der Waals surface area contributed by atoms with Crippen molar-refractivity contribution >= 4 is 11.8 Å². The third-order valence-electron chi connectivity index (χ3n) is 5.40. The molecule has 168 valence electrons. The standard InChI is InChI=1S/C28H23N3O3/c1-2-3-17-31-26(29-27(30-31)25(32)18-20-9-5-4-6-10-20)19-21-13-15-22(16-14-21)23-11-7-8-12-24(23)28(33)34/h4-16H,17-19H2,1H3,(H,33,34). The van der Waals surface area contributed by atoms with Crippen LogP contribution in [0.1, 0.15) is 44.9 Å². The van der Waals surface area contributed by atoms with Crippen molar-refractivity contribution in [3.05, 3.63) is 107 Å². The van der Waals surface area contributed by atoms with Crippen molar-refractivity contribution in [1.82, 2.24) is 14.8 Å². The molecule has 0 aliphatic rings. The van der Waals surface area contributed by atoms with E-state index in [4.69, 9.17) is 0 Å². The van der Waals surface area contributed by atoms with Gasteiger partial charge in [0.2, 0.25) is 11.6 Å². The summed E-state index contributed by atoms with van der Waals surface area (Å²) in [7, 11) is 0. The topological polar surface area (TPSA) is 85.1 Å². The Morgan fingerprint density at radius 1 is 0.912 bits per heavy atom. The predicted octanol–water partition coefficient (Wildman–Crippen LogP) is 4.68. The van der Waals surface area contributed by atoms with Gasteiger partial charge in [-0.2, -0.15) is 0 Å². The first kappa shape index (κ1) is 22.7. The number of hydrogen-bond donors (Lipinski definition) is 1. The fraction of sp³-hybridized carbons (Fsp3) is 0.143. The first-order valence-electron chi connectivity index (χ1n) is 10.9. The normalized spacial score (nSPS) is 10.4. The number of Topliss-reactive ketones (excluding diaryl/α,β-unsaturated/α-hetero) is 1. The summed E-state index contributed by atoms with van der Waals surface area (Å²) in [5.41, 5.74) is 3.62. The van der Waals surface area contributed by atoms with E-state index in [1.807, 2.05) is 60.7 Å². The second kappa shape index (κ2) is 10.4. The van der Waals surface area contributed by atoms with Crippen LogP contribution in [0.2, 0.25) is 0 Å². The number of benzene rings is 3. The molecule has 0 bridgehead atoms. The van der Waals surface area contributed by atoms with E-state index in [1.54, 1.807) is 29.8 Å². The van der Waals surface area contributed by atoms with Crippen LogP contribution >= 0.6 is 0 Å². The molecule has 0 amide bonds. The highest BCUT2D eigenvalue weighted by Gasteiger charge is 2.17. The summed E-state index contributed by atoms with van der Waals surface area (Å²) < 4.78 is 1.67. The minimum Gasteiger partial charge on any atom is -0.478 e. The first-order chi connectivity index (χ1) is 16.5. The number of carbonyl (C=O) groups excluding carboxylic acids is 1. The second-order valence-electron chi connectivity index (χ2n) is 7.75. The predicted molar refractivity (Wildman–Crippen MR) is 130 cm³/mol. The molecule has 6 heteroatoms. The number of nitrogens with zero attached hydrogens (tertiary/aromatic N) is 3. The molecule has 0 fully saturated rings. The lowest BCUT2D eigenvalue weighted by Gasteiger charge is -2.08. The van der Waals surface area contributed by atoms with Crippen molar-refractivity contribution in [3.63, 3.8) is 0 Å². The smallest absolute Gasteiger partial charge is 0.336 e. The van der Waals surface area contributed by atoms with E-state index in [1.165, 1.54) is 0 Å². The van der Waals surface area contributed by atoms with Crippen molar-refractivity contribution in [2.24, 2.45) is 0 Å². The minimum atomic E-state index is -0.961. The van der Waals surface area contributed by atoms with Gasteiger partial charge >= 0.3 is 5.97 Å². The van der Waals surface area contributed by atoms with Gasteiger partial charge in [-0.05, 0) is 35.2 Å². The van der Waals surface area contributed by atoms with Gasteiger partial charge in [0.25, 0.3) is 0 Å². The summed E-state index contributed by atoms with van der Waals surface area (Å²) in [6, 6.07) is 24.1. The Hall–Kier alpha value is -4.50. The zero-order valence-electron chi connectivity index (χ0n) is 18.7. The Morgan fingerprint density at radius 2 is 1.62 bits per heavy atom. The lowest BCUT2D eigenvalue weighted by molar-refractivity contribution is 0.0697. The maximum absolute atomic E-state index is 12.8. The molecule has 0 saturated carbocycles. The average Bonchev–Trinajstić information content (AvgIpc) is 3.26. The first-order valence-corrected chi connectivity index (χ1v) is 10.9. The van der Waals surface area contributed by atoms with Crippen molar-refractivity contribution in [2.75, 3.05) is 0 Å². The Bertz CT molecular complexity index is 1380. The van der Waals surface area contributed by atoms with Crippen LogP contribution < -0.4 is 0 Å². The summed E-state index contributed by atoms with van der Waals surface area (Å²) in [5.74, 6) is 5.57. The Morgan fingerprint density at radius 3 is 2.32 bits per heavy atom. The molecule has 4 aromatic rings. The van der Waals surface area contributed by atoms with Crippen molar-refractivity contribution < 1.29 is 14.7 Å². The molecular weight excluding hydrogens is 426 g/mol. The Labute approximate surface area is 197 Å². The number of carbonyl (C=O) groups is 2. The van der Waals surface area contributed by atoms with E-state index < -0.39 is 5.97 Å². The largest absolute Gasteiger partial charge is 0.478 e. The summed E-state index contributed by atoms with van der Waals surface area (Å²) in [6.45, 7) is 2.10. The maximum Gasteiger partial charge on any atom is 0.336 e. The molecule has 0 atom stereocenters. The maximum atomic E-state index is 12.8. The van der Waals surface area contributed by atoms with E-state index in [-0.39, 0.29) is 23.6 Å². The number of aromatic carboxylic acids is 1. The van der Waals surface area contributed by atoms with Gasteiger partial charge < -0.3 is 5.11 Å². The van der Waals surface area contributed by atoms with Crippen LogP contribution in [0.4, 0.5) is 0 Å². The molecule has 1 N–H and O–H groups in total. The van der Waals surface area contributed by atoms with Crippen LogP contribution in [-0.4, -0.2) is 31.6 Å². The van der Waals surface area contributed by atoms with Gasteiger partial charge in [-0.1, -0.05) is 78.7 Å². The lowest BCUT2D eigenvalue weighted by atomic mass is 9.98. The molecule has 0 aliphatic carbocycles. The average molecular weight is 450 g/mol. The van der Waals surface area contributed by atoms with Gasteiger partial charge in [-0.15, -0.1) is 11.0 Å². The number of aromatic nitrogens is 3. The van der Waals surface area contributed by atoms with Crippen LogP contribution in [0, 0.1) is 11.8 Å². The quantitative estimate of drug-likeness (QED) is 0.312. The third-order valence-corrected chi connectivity index (χ3v) is 5.40. The van der Waals surface area contributed by atoms with E-state index in [0.717, 1.165) is 16.7 Å². The van der Waals surface area contributed by atoms with E-state index in [9.17, 15) is 14.7 Å². The third kappa shape index (κ3) is 5.28. The molecule has 4 rings (SSSR count). The van der Waals surface area contributed by atoms with Gasteiger partial charge in [0, 0.05) is 12.8 Å². The highest BCUT2D eigenvalue weighted by molar-refractivity contribution is 5.96. The summed E-state index contributed by atoms with van der Waals surface area (Å²) in [6.07, 6.45) is 0.708. The molecule has 3 aromatic carbocycles. The van der Waals surface area contributed by atoms with Crippen LogP contribution in [0.15, 0.2) is 78.9 Å². The lowest BCUT2D eigenvalue weighted by Crippen LogP contribution is -2.07. The van der Waals surface area contributed by atoms with E-state index >= 15 is 0 Å². The van der Waals surface area contributed by atoms with E-state index in [0.29, 0.717) is 24.4 Å². The molecule has 0 radical (unpaired) electrons. The highest BCUT2D eigenvalue weighted by Crippen LogP contribution is 2.24. The molecule has 0 saturated heterocycles.